The second kappa shape index (κ2) is 7.07. The van der Waals surface area contributed by atoms with Crippen molar-refractivity contribution in [1.29, 1.82) is 0 Å². The third-order valence-corrected chi connectivity index (χ3v) is 2.94. The number of non-ortho nitro benzene ring substituents is 1. The lowest BCUT2D eigenvalue weighted by atomic mass is 10.2. The number of methoxy groups -OCH3 is 1. The molecule has 114 valence electrons. The van der Waals surface area contributed by atoms with Gasteiger partial charge < -0.3 is 15.8 Å². The Morgan fingerprint density at radius 2 is 2.05 bits per heavy atom. The molecule has 3 N–H and O–H groups in total. The maximum absolute atomic E-state index is 10.8. The molecule has 0 fully saturated rings. The standard InChI is InChI=1S/C15H16N4O3/c1-22-14-8-7-13(19(20)21)9-11(14)10-17-15(16)18-12-5-3-2-4-6-12/h2-9H,10H2,1H3,(H3,16,17,18). The van der Waals surface area contributed by atoms with E-state index in [4.69, 9.17) is 10.5 Å². The summed E-state index contributed by atoms with van der Waals surface area (Å²) in [5, 5.41) is 13.8. The molecule has 0 amide bonds. The van der Waals surface area contributed by atoms with Gasteiger partial charge in [-0.15, -0.1) is 0 Å². The first kappa shape index (κ1) is 15.3. The molecule has 0 aliphatic heterocycles. The van der Waals surface area contributed by atoms with Gasteiger partial charge in [0.1, 0.15) is 5.75 Å². The third kappa shape index (κ3) is 3.95. The number of hydrogen-bond donors (Lipinski definition) is 2. The van der Waals surface area contributed by atoms with Gasteiger partial charge in [-0.25, -0.2) is 4.99 Å². The highest BCUT2D eigenvalue weighted by atomic mass is 16.6. The van der Waals surface area contributed by atoms with Crippen molar-refractivity contribution in [1.82, 2.24) is 0 Å². The number of rotatable bonds is 5. The molecule has 0 unspecified atom stereocenters. The van der Waals surface area contributed by atoms with Gasteiger partial charge in [0.05, 0.1) is 18.6 Å². The molecule has 0 aliphatic carbocycles. The fourth-order valence-electron chi connectivity index (χ4n) is 1.88. The summed E-state index contributed by atoms with van der Waals surface area (Å²) in [4.78, 5) is 14.5. The van der Waals surface area contributed by atoms with Crippen molar-refractivity contribution in [3.63, 3.8) is 0 Å². The van der Waals surface area contributed by atoms with Crippen molar-refractivity contribution in [3.05, 3.63) is 64.2 Å². The van der Waals surface area contributed by atoms with Crippen molar-refractivity contribution < 1.29 is 9.66 Å². The lowest BCUT2D eigenvalue weighted by Gasteiger charge is -2.08. The van der Waals surface area contributed by atoms with Gasteiger partial charge in [-0.1, -0.05) is 18.2 Å². The number of ether oxygens (including phenoxy) is 1. The number of nitrogens with zero attached hydrogens (tertiary/aromatic N) is 2. The first-order valence-corrected chi connectivity index (χ1v) is 6.53. The first-order chi connectivity index (χ1) is 10.6. The van der Waals surface area contributed by atoms with E-state index in [0.29, 0.717) is 11.3 Å². The Hall–Kier alpha value is -3.09. The molecule has 0 saturated heterocycles. The number of para-hydroxylation sites is 1. The van der Waals surface area contributed by atoms with E-state index in [1.54, 1.807) is 6.07 Å². The Morgan fingerprint density at radius 1 is 1.32 bits per heavy atom. The Bertz CT molecular complexity index is 686. The zero-order valence-corrected chi connectivity index (χ0v) is 12.0. The number of nitrogens with two attached hydrogens (primary N) is 1. The number of nitro groups is 1. The van der Waals surface area contributed by atoms with Crippen molar-refractivity contribution in [2.24, 2.45) is 10.7 Å². The second-order valence-electron chi connectivity index (χ2n) is 4.45. The first-order valence-electron chi connectivity index (χ1n) is 6.53. The average molecular weight is 300 g/mol. The minimum absolute atomic E-state index is 0.0133. The summed E-state index contributed by atoms with van der Waals surface area (Å²) in [7, 11) is 1.50. The summed E-state index contributed by atoms with van der Waals surface area (Å²) in [6, 6.07) is 13.7. The summed E-state index contributed by atoms with van der Waals surface area (Å²) in [5.41, 5.74) is 7.20. The van der Waals surface area contributed by atoms with Crippen LogP contribution in [-0.4, -0.2) is 18.0 Å². The Kier molecular flexibility index (Phi) is 4.92. The van der Waals surface area contributed by atoms with E-state index in [2.05, 4.69) is 10.3 Å². The fourth-order valence-corrected chi connectivity index (χ4v) is 1.88. The third-order valence-electron chi connectivity index (χ3n) is 2.94. The van der Waals surface area contributed by atoms with E-state index >= 15 is 0 Å². The summed E-state index contributed by atoms with van der Waals surface area (Å²) >= 11 is 0. The van der Waals surface area contributed by atoms with Crippen LogP contribution in [0.15, 0.2) is 53.5 Å². The quantitative estimate of drug-likeness (QED) is 0.382. The molecule has 7 nitrogen and oxygen atoms in total. The number of hydrogen-bond acceptors (Lipinski definition) is 4. The van der Waals surface area contributed by atoms with Crippen LogP contribution in [0, 0.1) is 10.1 Å². The second-order valence-corrected chi connectivity index (χ2v) is 4.45. The summed E-state index contributed by atoms with van der Waals surface area (Å²) in [6.45, 7) is 0.177. The maximum atomic E-state index is 10.8. The van der Waals surface area contributed by atoms with Gasteiger partial charge in [-0.2, -0.15) is 0 Å². The van der Waals surface area contributed by atoms with Crippen LogP contribution >= 0.6 is 0 Å². The van der Waals surface area contributed by atoms with Crippen molar-refractivity contribution >= 4 is 17.3 Å². The smallest absolute Gasteiger partial charge is 0.270 e. The van der Waals surface area contributed by atoms with Gasteiger partial charge in [-0.05, 0) is 18.2 Å². The van der Waals surface area contributed by atoms with E-state index in [1.165, 1.54) is 19.2 Å². The van der Waals surface area contributed by atoms with Gasteiger partial charge in [0.2, 0.25) is 0 Å². The van der Waals surface area contributed by atoms with Gasteiger partial charge in [0.25, 0.3) is 5.69 Å². The molecular formula is C15H16N4O3. The van der Waals surface area contributed by atoms with E-state index in [0.717, 1.165) is 5.69 Å². The van der Waals surface area contributed by atoms with E-state index in [9.17, 15) is 10.1 Å². The molecule has 7 heteroatoms. The summed E-state index contributed by atoms with van der Waals surface area (Å²) in [6.07, 6.45) is 0. The van der Waals surface area contributed by atoms with Crippen molar-refractivity contribution in [2.75, 3.05) is 12.4 Å². The molecule has 22 heavy (non-hydrogen) atoms. The van der Waals surface area contributed by atoms with Crippen LogP contribution < -0.4 is 15.8 Å². The zero-order chi connectivity index (χ0) is 15.9. The highest BCUT2D eigenvalue weighted by molar-refractivity contribution is 5.92. The minimum atomic E-state index is -0.460. The van der Waals surface area contributed by atoms with Crippen LogP contribution in [0.2, 0.25) is 0 Å². The summed E-state index contributed by atoms with van der Waals surface area (Å²) < 4.78 is 5.18. The zero-order valence-electron chi connectivity index (χ0n) is 12.0. The molecule has 2 rings (SSSR count). The van der Waals surface area contributed by atoms with Crippen LogP contribution in [0.1, 0.15) is 5.56 Å². The highest BCUT2D eigenvalue weighted by Crippen LogP contribution is 2.24. The predicted molar refractivity (Wildman–Crippen MR) is 85.0 cm³/mol. The highest BCUT2D eigenvalue weighted by Gasteiger charge is 2.11. The number of benzene rings is 2. The molecule has 0 radical (unpaired) electrons. The topological polar surface area (TPSA) is 103 Å². The monoisotopic (exact) mass is 300 g/mol. The normalized spacial score (nSPS) is 11.0. The largest absolute Gasteiger partial charge is 0.496 e. The van der Waals surface area contributed by atoms with Crippen LogP contribution in [-0.2, 0) is 6.54 Å². The lowest BCUT2D eigenvalue weighted by Crippen LogP contribution is -2.22. The van der Waals surface area contributed by atoms with E-state index in [-0.39, 0.29) is 18.2 Å². The average Bonchev–Trinajstić information content (AvgIpc) is 2.53. The van der Waals surface area contributed by atoms with Crippen LogP contribution in [0.3, 0.4) is 0 Å². The number of anilines is 1. The molecule has 0 aromatic heterocycles. The summed E-state index contributed by atoms with van der Waals surface area (Å²) in [5.74, 6) is 0.752. The van der Waals surface area contributed by atoms with Gasteiger partial charge in [0.15, 0.2) is 5.96 Å². The molecule has 0 bridgehead atoms. The van der Waals surface area contributed by atoms with Crippen molar-refractivity contribution in [2.45, 2.75) is 6.54 Å². The molecule has 0 aliphatic rings. The number of nitrogens with one attached hydrogen (secondary N) is 1. The van der Waals surface area contributed by atoms with Gasteiger partial charge >= 0.3 is 0 Å². The number of guanidine groups is 1. The molecule has 0 heterocycles. The van der Waals surface area contributed by atoms with Gasteiger partial charge in [0, 0.05) is 23.4 Å². The molecule has 0 spiro atoms. The minimum Gasteiger partial charge on any atom is -0.496 e. The number of aliphatic imine (C=N–C) groups is 1. The molecular weight excluding hydrogens is 284 g/mol. The number of nitro benzene ring substituents is 1. The lowest BCUT2D eigenvalue weighted by molar-refractivity contribution is -0.384. The van der Waals surface area contributed by atoms with Crippen molar-refractivity contribution in [3.8, 4) is 5.75 Å². The molecule has 2 aromatic rings. The Labute approximate surface area is 127 Å². The van der Waals surface area contributed by atoms with Crippen LogP contribution in [0.4, 0.5) is 11.4 Å². The van der Waals surface area contributed by atoms with Crippen LogP contribution in [0.25, 0.3) is 0 Å². The van der Waals surface area contributed by atoms with E-state index < -0.39 is 4.92 Å². The van der Waals surface area contributed by atoms with E-state index in [1.807, 2.05) is 30.3 Å². The fraction of sp³-hybridized carbons (Fsp3) is 0.133. The Morgan fingerprint density at radius 3 is 2.68 bits per heavy atom. The molecule has 0 saturated carbocycles. The predicted octanol–water partition coefficient (Wildman–Crippen LogP) is 2.53. The SMILES string of the molecule is COc1ccc([N+](=O)[O-])cc1CN=C(N)Nc1ccccc1. The Balaban J connectivity index is 2.13. The molecule has 0 atom stereocenters. The van der Waals surface area contributed by atoms with Gasteiger partial charge in [-0.3, -0.25) is 10.1 Å². The molecule has 2 aromatic carbocycles. The maximum Gasteiger partial charge on any atom is 0.270 e. The van der Waals surface area contributed by atoms with Crippen LogP contribution in [0.5, 0.6) is 5.75 Å².